The van der Waals surface area contributed by atoms with Crippen LogP contribution in [0.4, 0.5) is 0 Å². The Morgan fingerprint density at radius 2 is 1.82 bits per heavy atom. The van der Waals surface area contributed by atoms with Crippen LogP contribution in [0.15, 0.2) is 5.10 Å². The Bertz CT molecular complexity index is 689. The predicted molar refractivity (Wildman–Crippen MR) is 109 cm³/mol. The molecule has 0 spiro atoms. The molecule has 0 aromatic carbocycles. The van der Waals surface area contributed by atoms with Crippen molar-refractivity contribution >= 4 is 17.6 Å². The van der Waals surface area contributed by atoms with Crippen LogP contribution in [-0.2, 0) is 14.3 Å². The second-order valence-electron chi connectivity index (χ2n) is 10.4. The Morgan fingerprint density at radius 3 is 2.54 bits per heavy atom. The van der Waals surface area contributed by atoms with E-state index in [1.807, 2.05) is 0 Å². The predicted octanol–water partition coefficient (Wildman–Crippen LogP) is 4.45. The number of hydrogen-bond donors (Lipinski definition) is 1. The molecule has 0 aliphatic heterocycles. The van der Waals surface area contributed by atoms with Crippen LogP contribution < -0.4 is 5.43 Å². The lowest BCUT2D eigenvalue weighted by molar-refractivity contribution is -0.158. The number of nitrogens with one attached hydrogen (secondary N) is 1. The lowest BCUT2D eigenvalue weighted by Crippen LogP contribution is -2.54. The molecule has 1 amide bonds. The minimum absolute atomic E-state index is 0.0780. The molecule has 28 heavy (non-hydrogen) atoms. The van der Waals surface area contributed by atoms with Crippen LogP contribution in [-0.4, -0.2) is 23.7 Å². The number of nitrogens with zero attached hydrogens (tertiary/aromatic N) is 1. The third-order valence-corrected chi connectivity index (χ3v) is 9.04. The van der Waals surface area contributed by atoms with E-state index in [-0.39, 0.29) is 23.4 Å². The van der Waals surface area contributed by atoms with E-state index in [1.165, 1.54) is 58.1 Å². The molecular formula is C23H36N2O3. The zero-order valence-electron chi connectivity index (χ0n) is 17.9. The summed E-state index contributed by atoms with van der Waals surface area (Å²) in [5.74, 6) is 2.73. The zero-order chi connectivity index (χ0) is 20.1. The van der Waals surface area contributed by atoms with E-state index in [0.29, 0.717) is 17.3 Å². The van der Waals surface area contributed by atoms with Crippen LogP contribution in [0.1, 0.15) is 85.5 Å². The Labute approximate surface area is 169 Å². The normalized spacial score (nSPS) is 46.3. The molecule has 4 aliphatic rings. The summed E-state index contributed by atoms with van der Waals surface area (Å²) >= 11 is 0. The fraction of sp³-hybridized carbons (Fsp3) is 0.870. The molecule has 0 aromatic rings. The van der Waals surface area contributed by atoms with Crippen molar-refractivity contribution in [2.75, 3.05) is 0 Å². The first-order valence-corrected chi connectivity index (χ1v) is 11.2. The summed E-state index contributed by atoms with van der Waals surface area (Å²) in [6.45, 7) is 7.99. The molecule has 4 rings (SSSR count). The molecule has 0 radical (unpaired) electrons. The van der Waals surface area contributed by atoms with Gasteiger partial charge in [-0.3, -0.25) is 9.59 Å². The van der Waals surface area contributed by atoms with Gasteiger partial charge in [-0.25, -0.2) is 5.43 Å². The van der Waals surface area contributed by atoms with E-state index in [4.69, 9.17) is 4.74 Å². The number of hydrazone groups is 1. The van der Waals surface area contributed by atoms with Crippen LogP contribution in [0.25, 0.3) is 0 Å². The van der Waals surface area contributed by atoms with Gasteiger partial charge in [0.2, 0.25) is 5.91 Å². The smallest absolute Gasteiger partial charge is 0.302 e. The van der Waals surface area contributed by atoms with E-state index >= 15 is 0 Å². The number of carbonyl (C=O) groups excluding carboxylic acids is 2. The summed E-state index contributed by atoms with van der Waals surface area (Å²) in [6.07, 6.45) is 10.6. The van der Waals surface area contributed by atoms with E-state index in [9.17, 15) is 9.59 Å². The zero-order valence-corrected chi connectivity index (χ0v) is 17.9. The standard InChI is InChI=1S/C23H36N2O3/c1-14(26)24-25-21-8-7-19-18-6-5-16-13-17(28-15(2)27)9-11-22(16,3)20(18)10-12-23(19,21)4/h16-20H,5-13H2,1-4H3,(H,24,26)/t16-,17-,18+,19+,20-,22-,23-/m0/s1. The van der Waals surface area contributed by atoms with Gasteiger partial charge >= 0.3 is 5.97 Å². The molecule has 0 unspecified atom stereocenters. The highest BCUT2D eigenvalue weighted by molar-refractivity contribution is 5.93. The van der Waals surface area contributed by atoms with Gasteiger partial charge < -0.3 is 4.74 Å². The average molecular weight is 389 g/mol. The molecule has 4 saturated carbocycles. The number of carbonyl (C=O) groups is 2. The van der Waals surface area contributed by atoms with Gasteiger partial charge in [-0.05, 0) is 86.9 Å². The summed E-state index contributed by atoms with van der Waals surface area (Å²) in [4.78, 5) is 22.7. The fourth-order valence-electron chi connectivity index (χ4n) is 7.68. The molecule has 4 aliphatic carbocycles. The highest BCUT2D eigenvalue weighted by Crippen LogP contribution is 2.65. The average Bonchev–Trinajstić information content (AvgIpc) is 2.96. The van der Waals surface area contributed by atoms with Crippen molar-refractivity contribution in [3.63, 3.8) is 0 Å². The topological polar surface area (TPSA) is 67.8 Å². The number of rotatable bonds is 2. The van der Waals surface area contributed by atoms with Crippen LogP contribution in [0.2, 0.25) is 0 Å². The molecule has 7 atom stereocenters. The Kier molecular flexibility index (Phi) is 5.08. The third kappa shape index (κ3) is 3.19. The maximum Gasteiger partial charge on any atom is 0.302 e. The van der Waals surface area contributed by atoms with Gasteiger partial charge in [0, 0.05) is 25.0 Å². The number of amides is 1. The second-order valence-corrected chi connectivity index (χ2v) is 10.4. The van der Waals surface area contributed by atoms with E-state index in [1.54, 1.807) is 0 Å². The van der Waals surface area contributed by atoms with Crippen molar-refractivity contribution in [3.8, 4) is 0 Å². The van der Waals surface area contributed by atoms with Gasteiger partial charge in [-0.2, -0.15) is 5.10 Å². The molecule has 1 N–H and O–H groups in total. The summed E-state index contributed by atoms with van der Waals surface area (Å²) < 4.78 is 5.58. The second kappa shape index (κ2) is 7.14. The van der Waals surface area contributed by atoms with Gasteiger partial charge in [0.15, 0.2) is 0 Å². The van der Waals surface area contributed by atoms with Crippen molar-refractivity contribution in [2.24, 2.45) is 39.6 Å². The maximum absolute atomic E-state index is 11.4. The van der Waals surface area contributed by atoms with Crippen molar-refractivity contribution in [2.45, 2.75) is 91.6 Å². The molecule has 156 valence electrons. The SMILES string of the molecule is CC(=O)NN=C1CC[C@@H]2[C@H]3CC[C@H]4C[C@@H](OC(C)=O)CC[C@]4(C)[C@H]3CC[C@]12C. The number of hydrogen-bond acceptors (Lipinski definition) is 4. The Morgan fingerprint density at radius 1 is 1.04 bits per heavy atom. The van der Waals surface area contributed by atoms with E-state index < -0.39 is 0 Å². The summed E-state index contributed by atoms with van der Waals surface area (Å²) in [7, 11) is 0. The summed E-state index contributed by atoms with van der Waals surface area (Å²) in [5.41, 5.74) is 4.46. The number of fused-ring (bicyclic) bond motifs is 5. The lowest BCUT2D eigenvalue weighted by Gasteiger charge is -2.60. The van der Waals surface area contributed by atoms with Crippen LogP contribution >= 0.6 is 0 Å². The van der Waals surface area contributed by atoms with Crippen molar-refractivity contribution in [3.05, 3.63) is 0 Å². The third-order valence-electron chi connectivity index (χ3n) is 9.04. The number of esters is 1. The van der Waals surface area contributed by atoms with Crippen LogP contribution in [0, 0.1) is 34.5 Å². The molecule has 0 aromatic heterocycles. The summed E-state index contributed by atoms with van der Waals surface area (Å²) in [5, 5.41) is 4.52. The molecule has 0 heterocycles. The monoisotopic (exact) mass is 388 g/mol. The first-order chi connectivity index (χ1) is 13.2. The highest BCUT2D eigenvalue weighted by atomic mass is 16.5. The number of ether oxygens (including phenoxy) is 1. The lowest BCUT2D eigenvalue weighted by atomic mass is 9.45. The molecule has 5 nitrogen and oxygen atoms in total. The Balaban J connectivity index is 1.52. The van der Waals surface area contributed by atoms with Crippen molar-refractivity contribution < 1.29 is 14.3 Å². The van der Waals surface area contributed by atoms with Gasteiger partial charge in [-0.1, -0.05) is 13.8 Å². The first-order valence-electron chi connectivity index (χ1n) is 11.2. The van der Waals surface area contributed by atoms with E-state index in [2.05, 4.69) is 24.4 Å². The van der Waals surface area contributed by atoms with Gasteiger partial charge in [0.05, 0.1) is 0 Å². The molecule has 0 saturated heterocycles. The fourth-order valence-corrected chi connectivity index (χ4v) is 7.68. The van der Waals surface area contributed by atoms with Gasteiger partial charge in [0.1, 0.15) is 6.10 Å². The molecular weight excluding hydrogens is 352 g/mol. The van der Waals surface area contributed by atoms with Gasteiger partial charge in [0.25, 0.3) is 0 Å². The maximum atomic E-state index is 11.4. The van der Waals surface area contributed by atoms with Crippen molar-refractivity contribution in [1.82, 2.24) is 5.43 Å². The first kappa shape index (κ1) is 19.9. The summed E-state index contributed by atoms with van der Waals surface area (Å²) in [6, 6.07) is 0. The van der Waals surface area contributed by atoms with Gasteiger partial charge in [-0.15, -0.1) is 0 Å². The minimum atomic E-state index is -0.132. The highest BCUT2D eigenvalue weighted by Gasteiger charge is 2.59. The minimum Gasteiger partial charge on any atom is -0.463 e. The molecule has 0 bridgehead atoms. The van der Waals surface area contributed by atoms with Crippen LogP contribution in [0.5, 0.6) is 0 Å². The van der Waals surface area contributed by atoms with E-state index in [0.717, 1.165) is 31.1 Å². The largest absolute Gasteiger partial charge is 0.463 e. The quantitative estimate of drug-likeness (QED) is 0.561. The molecule has 4 fully saturated rings. The van der Waals surface area contributed by atoms with Crippen molar-refractivity contribution in [1.29, 1.82) is 0 Å². The van der Waals surface area contributed by atoms with Crippen LogP contribution in [0.3, 0.4) is 0 Å². The molecule has 5 heteroatoms. The Hall–Kier alpha value is -1.39.